The topological polar surface area (TPSA) is 3.24 Å². The zero-order valence-electron chi connectivity index (χ0n) is 33.3. The zero-order chi connectivity index (χ0) is 39.6. The van der Waals surface area contributed by atoms with Crippen LogP contribution in [0.15, 0.2) is 224 Å². The van der Waals surface area contributed by atoms with Crippen molar-refractivity contribution in [3.05, 3.63) is 258 Å². The van der Waals surface area contributed by atoms with Crippen molar-refractivity contribution in [2.45, 2.75) is 24.7 Å². The summed E-state index contributed by atoms with van der Waals surface area (Å²) in [5.41, 5.74) is 20.7. The lowest BCUT2D eigenvalue weighted by molar-refractivity contribution is 0.563. The van der Waals surface area contributed by atoms with E-state index in [9.17, 15) is 0 Å². The SMILES string of the molecule is CC1(C)c2ccccc2C2(c3ccccc3-c3ccccc32)c2cc(N(c3ccc(-c4ccc(-c5ccccc5)cc4)cc3)c3cccc(-c4ccccc4)c3)ccc21. The van der Waals surface area contributed by atoms with Crippen molar-refractivity contribution < 1.29 is 0 Å². The second-order valence-electron chi connectivity index (χ2n) is 16.5. The summed E-state index contributed by atoms with van der Waals surface area (Å²) in [5, 5.41) is 0. The van der Waals surface area contributed by atoms with Crippen LogP contribution < -0.4 is 4.90 Å². The van der Waals surface area contributed by atoms with Gasteiger partial charge in [-0.05, 0) is 114 Å². The molecular formula is C58H43N. The van der Waals surface area contributed by atoms with Crippen molar-refractivity contribution in [2.75, 3.05) is 4.90 Å². The molecule has 11 rings (SSSR count). The average molecular weight is 754 g/mol. The van der Waals surface area contributed by atoms with Gasteiger partial charge in [0.05, 0.1) is 5.41 Å². The fourth-order valence-corrected chi connectivity index (χ4v) is 10.2. The Morgan fingerprint density at radius 3 is 1.27 bits per heavy atom. The van der Waals surface area contributed by atoms with E-state index in [0.29, 0.717) is 0 Å². The number of nitrogens with zero attached hydrogens (tertiary/aromatic N) is 1. The first-order valence-corrected chi connectivity index (χ1v) is 20.7. The molecule has 280 valence electrons. The van der Waals surface area contributed by atoms with Gasteiger partial charge in [-0.3, -0.25) is 0 Å². The van der Waals surface area contributed by atoms with E-state index >= 15 is 0 Å². The fourth-order valence-electron chi connectivity index (χ4n) is 10.2. The Morgan fingerprint density at radius 2 is 0.678 bits per heavy atom. The molecule has 0 aromatic heterocycles. The van der Waals surface area contributed by atoms with Crippen LogP contribution in [0.2, 0.25) is 0 Å². The van der Waals surface area contributed by atoms with Crippen molar-refractivity contribution in [3.8, 4) is 44.5 Å². The van der Waals surface area contributed by atoms with Crippen LogP contribution in [0.1, 0.15) is 47.2 Å². The maximum Gasteiger partial charge on any atom is 0.0720 e. The fraction of sp³-hybridized carbons (Fsp3) is 0.0690. The summed E-state index contributed by atoms with van der Waals surface area (Å²) < 4.78 is 0. The number of rotatable bonds is 6. The first-order chi connectivity index (χ1) is 29.0. The lowest BCUT2D eigenvalue weighted by Crippen LogP contribution is -2.40. The van der Waals surface area contributed by atoms with Crippen LogP contribution in [0.3, 0.4) is 0 Å². The van der Waals surface area contributed by atoms with Crippen molar-refractivity contribution in [1.29, 1.82) is 0 Å². The summed E-state index contributed by atoms with van der Waals surface area (Å²) in [6.45, 7) is 4.80. The maximum absolute atomic E-state index is 2.51. The Kier molecular flexibility index (Phi) is 8.13. The highest BCUT2D eigenvalue weighted by Gasteiger charge is 2.53. The Balaban J connectivity index is 1.11. The van der Waals surface area contributed by atoms with Gasteiger partial charge in [-0.1, -0.05) is 202 Å². The molecule has 0 atom stereocenters. The van der Waals surface area contributed by atoms with Crippen LogP contribution in [0, 0.1) is 0 Å². The van der Waals surface area contributed by atoms with Crippen molar-refractivity contribution in [3.63, 3.8) is 0 Å². The maximum atomic E-state index is 2.51. The third kappa shape index (κ3) is 5.46. The molecule has 0 unspecified atom stereocenters. The van der Waals surface area contributed by atoms with E-state index < -0.39 is 5.41 Å². The molecule has 9 aromatic rings. The van der Waals surface area contributed by atoms with Crippen LogP contribution in [0.5, 0.6) is 0 Å². The number of hydrogen-bond donors (Lipinski definition) is 0. The van der Waals surface area contributed by atoms with Crippen LogP contribution >= 0.6 is 0 Å². The van der Waals surface area contributed by atoms with E-state index in [1.807, 2.05) is 0 Å². The molecule has 1 spiro atoms. The molecule has 2 aliphatic carbocycles. The highest BCUT2D eigenvalue weighted by atomic mass is 15.1. The van der Waals surface area contributed by atoms with Crippen LogP contribution in [0.4, 0.5) is 17.1 Å². The molecule has 1 nitrogen and oxygen atoms in total. The van der Waals surface area contributed by atoms with Gasteiger partial charge in [-0.2, -0.15) is 0 Å². The monoisotopic (exact) mass is 753 g/mol. The Bertz CT molecular complexity index is 2950. The molecule has 1 heteroatoms. The van der Waals surface area contributed by atoms with Gasteiger partial charge in [0.25, 0.3) is 0 Å². The van der Waals surface area contributed by atoms with Gasteiger partial charge in [0.2, 0.25) is 0 Å². The van der Waals surface area contributed by atoms with Gasteiger partial charge in [-0.25, -0.2) is 0 Å². The Morgan fingerprint density at radius 1 is 0.271 bits per heavy atom. The molecule has 9 aromatic carbocycles. The average Bonchev–Trinajstić information content (AvgIpc) is 3.60. The number of anilines is 3. The molecule has 0 radical (unpaired) electrons. The molecule has 0 saturated heterocycles. The molecule has 59 heavy (non-hydrogen) atoms. The Labute approximate surface area is 347 Å². The van der Waals surface area contributed by atoms with Gasteiger partial charge in [0.1, 0.15) is 0 Å². The zero-order valence-corrected chi connectivity index (χ0v) is 33.3. The van der Waals surface area contributed by atoms with Crippen LogP contribution in [0.25, 0.3) is 44.5 Å². The van der Waals surface area contributed by atoms with Crippen LogP contribution in [-0.2, 0) is 10.8 Å². The standard InChI is InChI=1S/C58H43N/c1-57(2)53-26-13-14-27-55(53)58(51-24-11-9-22-49(51)50-23-10-12-25-52(50)58)56-39-48(36-37-54(56)57)59(47-21-15-20-45(38-47)41-18-7-4-8-19-41)46-34-32-44(33-35-46)43-30-28-42(29-31-43)40-16-5-3-6-17-40/h3-39H,1-2H3. The van der Waals surface area contributed by atoms with Crippen molar-refractivity contribution >= 4 is 17.1 Å². The Hall–Kier alpha value is -7.22. The third-order valence-corrected chi connectivity index (χ3v) is 13.0. The summed E-state index contributed by atoms with van der Waals surface area (Å²) in [6, 6.07) is 82.9. The number of hydrogen-bond acceptors (Lipinski definition) is 1. The lowest BCUT2D eigenvalue weighted by Gasteiger charge is -2.47. The molecule has 0 saturated carbocycles. The van der Waals surface area contributed by atoms with E-state index in [4.69, 9.17) is 0 Å². The minimum atomic E-state index is -0.474. The van der Waals surface area contributed by atoms with Crippen molar-refractivity contribution in [1.82, 2.24) is 0 Å². The van der Waals surface area contributed by atoms with E-state index in [-0.39, 0.29) is 5.41 Å². The van der Waals surface area contributed by atoms with Crippen LogP contribution in [-0.4, -0.2) is 0 Å². The van der Waals surface area contributed by atoms with Gasteiger partial charge in [0.15, 0.2) is 0 Å². The number of fused-ring (bicyclic) bond motifs is 9. The molecule has 0 aliphatic heterocycles. The third-order valence-electron chi connectivity index (χ3n) is 13.0. The number of benzene rings is 9. The second-order valence-corrected chi connectivity index (χ2v) is 16.5. The van der Waals surface area contributed by atoms with E-state index in [1.54, 1.807) is 0 Å². The highest BCUT2D eigenvalue weighted by molar-refractivity contribution is 5.90. The first kappa shape index (κ1) is 35.0. The first-order valence-electron chi connectivity index (χ1n) is 20.7. The summed E-state index contributed by atoms with van der Waals surface area (Å²) in [5.74, 6) is 0. The van der Waals surface area contributed by atoms with Gasteiger partial charge >= 0.3 is 0 Å². The molecule has 0 N–H and O–H groups in total. The minimum Gasteiger partial charge on any atom is -0.310 e. The normalized spacial score (nSPS) is 13.9. The summed E-state index contributed by atoms with van der Waals surface area (Å²) in [6.07, 6.45) is 0. The summed E-state index contributed by atoms with van der Waals surface area (Å²) >= 11 is 0. The quantitative estimate of drug-likeness (QED) is 0.163. The molecule has 0 fully saturated rings. The predicted octanol–water partition coefficient (Wildman–Crippen LogP) is 15.2. The summed E-state index contributed by atoms with van der Waals surface area (Å²) in [7, 11) is 0. The van der Waals surface area contributed by atoms with E-state index in [1.165, 1.54) is 77.9 Å². The molecule has 0 heterocycles. The molecule has 0 bridgehead atoms. The highest BCUT2D eigenvalue weighted by Crippen LogP contribution is 2.62. The largest absolute Gasteiger partial charge is 0.310 e. The molecule has 0 amide bonds. The smallest absolute Gasteiger partial charge is 0.0720 e. The molecular weight excluding hydrogens is 711 g/mol. The van der Waals surface area contributed by atoms with E-state index in [0.717, 1.165) is 17.1 Å². The summed E-state index contributed by atoms with van der Waals surface area (Å²) in [4.78, 5) is 2.45. The van der Waals surface area contributed by atoms with Gasteiger partial charge in [0, 0.05) is 22.5 Å². The van der Waals surface area contributed by atoms with Gasteiger partial charge < -0.3 is 4.90 Å². The molecule has 2 aliphatic rings. The van der Waals surface area contributed by atoms with Crippen molar-refractivity contribution in [2.24, 2.45) is 0 Å². The predicted molar refractivity (Wildman–Crippen MR) is 247 cm³/mol. The second kappa shape index (κ2) is 13.7. The lowest BCUT2D eigenvalue weighted by atomic mass is 9.55. The van der Waals surface area contributed by atoms with E-state index in [2.05, 4.69) is 243 Å². The minimum absolute atomic E-state index is 0.210. The van der Waals surface area contributed by atoms with Gasteiger partial charge in [-0.15, -0.1) is 0 Å².